The number of para-hydroxylation sites is 1. The molecule has 0 atom stereocenters. The highest BCUT2D eigenvalue weighted by Crippen LogP contribution is 2.27. The number of amides is 1. The summed E-state index contributed by atoms with van der Waals surface area (Å²) in [4.78, 5) is 34.5. The van der Waals surface area contributed by atoms with Gasteiger partial charge in [-0.2, -0.15) is 0 Å². The summed E-state index contributed by atoms with van der Waals surface area (Å²) >= 11 is 6.12. The number of aldehydes is 1. The Hall–Kier alpha value is -2.86. The van der Waals surface area contributed by atoms with Gasteiger partial charge in [-0.15, -0.1) is 0 Å². The number of benzene rings is 2. The lowest BCUT2D eigenvalue weighted by molar-refractivity contribution is -0.149. The van der Waals surface area contributed by atoms with Gasteiger partial charge >= 0.3 is 5.97 Å². The molecule has 2 rings (SSSR count). The molecule has 6 nitrogen and oxygen atoms in total. The quantitative estimate of drug-likeness (QED) is 0.593. The van der Waals surface area contributed by atoms with E-state index in [0.29, 0.717) is 22.6 Å². The standard InChI is InChI=1S/C19H18ClNO5/c1-12-7-13(2)19(15(20)8-12)21-17(23)10-26-18(24)11-25-16-6-4-3-5-14(16)9-22/h3-9H,10-11H2,1-2H3,(H,21,23). The number of nitrogens with one attached hydrogen (secondary N) is 1. The van der Waals surface area contributed by atoms with Gasteiger partial charge in [-0.25, -0.2) is 4.79 Å². The summed E-state index contributed by atoms with van der Waals surface area (Å²) < 4.78 is 10.1. The highest BCUT2D eigenvalue weighted by molar-refractivity contribution is 6.34. The number of hydrogen-bond acceptors (Lipinski definition) is 5. The van der Waals surface area contributed by atoms with Gasteiger partial charge in [-0.1, -0.05) is 29.8 Å². The molecule has 0 bridgehead atoms. The van der Waals surface area contributed by atoms with Crippen LogP contribution < -0.4 is 10.1 Å². The van der Waals surface area contributed by atoms with E-state index in [0.717, 1.165) is 11.1 Å². The average Bonchev–Trinajstić information content (AvgIpc) is 2.61. The number of carbonyl (C=O) groups excluding carboxylic acids is 3. The smallest absolute Gasteiger partial charge is 0.344 e. The Morgan fingerprint density at radius 1 is 1.15 bits per heavy atom. The van der Waals surface area contributed by atoms with Crippen LogP contribution in [0.3, 0.4) is 0 Å². The molecule has 0 saturated heterocycles. The monoisotopic (exact) mass is 375 g/mol. The fourth-order valence-electron chi connectivity index (χ4n) is 2.28. The lowest BCUT2D eigenvalue weighted by atomic mass is 10.1. The topological polar surface area (TPSA) is 81.7 Å². The molecule has 0 fully saturated rings. The summed E-state index contributed by atoms with van der Waals surface area (Å²) in [7, 11) is 0. The minimum absolute atomic E-state index is 0.269. The van der Waals surface area contributed by atoms with Gasteiger partial charge in [0.05, 0.1) is 16.3 Å². The molecule has 0 unspecified atom stereocenters. The predicted molar refractivity (Wildman–Crippen MR) is 97.8 cm³/mol. The molecule has 1 N–H and O–H groups in total. The average molecular weight is 376 g/mol. The molecular weight excluding hydrogens is 358 g/mol. The number of anilines is 1. The van der Waals surface area contributed by atoms with Crippen molar-refractivity contribution >= 4 is 35.5 Å². The Kier molecular flexibility index (Phi) is 6.74. The Morgan fingerprint density at radius 2 is 1.88 bits per heavy atom. The normalized spacial score (nSPS) is 10.1. The summed E-state index contributed by atoms with van der Waals surface area (Å²) in [6, 6.07) is 10.1. The molecule has 0 heterocycles. The Morgan fingerprint density at radius 3 is 2.58 bits per heavy atom. The number of esters is 1. The van der Waals surface area contributed by atoms with Crippen LogP contribution in [0.5, 0.6) is 5.75 Å². The number of rotatable bonds is 7. The molecule has 0 aromatic heterocycles. The van der Waals surface area contributed by atoms with Gasteiger partial charge in [0.2, 0.25) is 0 Å². The third kappa shape index (κ3) is 5.32. The van der Waals surface area contributed by atoms with Crippen molar-refractivity contribution in [1.29, 1.82) is 0 Å². The third-order valence-corrected chi connectivity index (χ3v) is 3.75. The van der Waals surface area contributed by atoms with E-state index in [4.69, 9.17) is 21.1 Å². The number of halogens is 1. The summed E-state index contributed by atoms with van der Waals surface area (Å²) in [6.45, 7) is 2.83. The molecule has 0 aliphatic heterocycles. The van der Waals surface area contributed by atoms with Crippen molar-refractivity contribution in [3.8, 4) is 5.75 Å². The molecule has 0 aliphatic rings. The van der Waals surface area contributed by atoms with Crippen molar-refractivity contribution in [3.63, 3.8) is 0 Å². The van der Waals surface area contributed by atoms with Gasteiger partial charge in [0.25, 0.3) is 5.91 Å². The first-order chi connectivity index (χ1) is 12.4. The second-order valence-corrected chi connectivity index (χ2v) is 6.00. The second kappa shape index (κ2) is 9.01. The van der Waals surface area contributed by atoms with E-state index >= 15 is 0 Å². The molecule has 1 amide bonds. The number of ether oxygens (including phenoxy) is 2. The van der Waals surface area contributed by atoms with Gasteiger partial charge in [0, 0.05) is 0 Å². The van der Waals surface area contributed by atoms with Gasteiger partial charge in [0.1, 0.15) is 5.75 Å². The van der Waals surface area contributed by atoms with Crippen LogP contribution in [-0.4, -0.2) is 31.4 Å². The number of hydrogen-bond donors (Lipinski definition) is 1. The van der Waals surface area contributed by atoms with Gasteiger partial charge < -0.3 is 14.8 Å². The van der Waals surface area contributed by atoms with E-state index in [2.05, 4.69) is 5.32 Å². The predicted octanol–water partition coefficient (Wildman–Crippen LogP) is 3.33. The second-order valence-electron chi connectivity index (χ2n) is 5.59. The van der Waals surface area contributed by atoms with E-state index in [1.165, 1.54) is 0 Å². The Bertz CT molecular complexity index is 811. The fourth-order valence-corrected chi connectivity index (χ4v) is 2.65. The summed E-state index contributed by atoms with van der Waals surface area (Å²) in [6.07, 6.45) is 0.627. The van der Waals surface area contributed by atoms with Crippen LogP contribution in [0.4, 0.5) is 5.69 Å². The van der Waals surface area contributed by atoms with E-state index in [-0.39, 0.29) is 5.75 Å². The highest BCUT2D eigenvalue weighted by Gasteiger charge is 2.13. The first kappa shape index (κ1) is 19.5. The first-order valence-electron chi connectivity index (χ1n) is 7.80. The zero-order valence-electron chi connectivity index (χ0n) is 14.4. The van der Waals surface area contributed by atoms with Gasteiger partial charge in [0.15, 0.2) is 19.5 Å². The fraction of sp³-hybridized carbons (Fsp3) is 0.211. The lowest BCUT2D eigenvalue weighted by Gasteiger charge is -2.12. The number of carbonyl (C=O) groups is 3. The third-order valence-electron chi connectivity index (χ3n) is 3.45. The summed E-state index contributed by atoms with van der Waals surface area (Å²) in [5.41, 5.74) is 2.59. The summed E-state index contributed by atoms with van der Waals surface area (Å²) in [5, 5.41) is 3.03. The van der Waals surface area contributed by atoms with E-state index in [9.17, 15) is 14.4 Å². The molecule has 2 aromatic rings. The summed E-state index contributed by atoms with van der Waals surface area (Å²) in [5.74, 6) is -0.973. The molecule has 0 aliphatic carbocycles. The van der Waals surface area contributed by atoms with Crippen molar-refractivity contribution in [3.05, 3.63) is 58.1 Å². The van der Waals surface area contributed by atoms with Crippen LogP contribution in [0.2, 0.25) is 5.02 Å². The molecule has 136 valence electrons. The maximum Gasteiger partial charge on any atom is 0.344 e. The maximum absolute atomic E-state index is 11.9. The van der Waals surface area contributed by atoms with Crippen LogP contribution in [-0.2, 0) is 14.3 Å². The minimum atomic E-state index is -0.729. The first-order valence-corrected chi connectivity index (χ1v) is 8.17. The Balaban J connectivity index is 1.84. The molecule has 26 heavy (non-hydrogen) atoms. The van der Waals surface area contributed by atoms with Crippen LogP contribution in [0.25, 0.3) is 0 Å². The van der Waals surface area contributed by atoms with Crippen molar-refractivity contribution in [2.24, 2.45) is 0 Å². The molecule has 0 spiro atoms. The van der Waals surface area contributed by atoms with Crippen LogP contribution in [0.15, 0.2) is 36.4 Å². The zero-order chi connectivity index (χ0) is 19.1. The van der Waals surface area contributed by atoms with Crippen molar-refractivity contribution < 1.29 is 23.9 Å². The highest BCUT2D eigenvalue weighted by atomic mass is 35.5. The van der Waals surface area contributed by atoms with Crippen molar-refractivity contribution in [2.75, 3.05) is 18.5 Å². The van der Waals surface area contributed by atoms with E-state index in [1.807, 2.05) is 19.9 Å². The van der Waals surface area contributed by atoms with Crippen molar-refractivity contribution in [2.45, 2.75) is 13.8 Å². The zero-order valence-corrected chi connectivity index (χ0v) is 15.1. The van der Waals surface area contributed by atoms with Crippen LogP contribution in [0.1, 0.15) is 21.5 Å². The number of aryl methyl sites for hydroxylation is 2. The molecule has 0 saturated carbocycles. The molecule has 7 heteroatoms. The van der Waals surface area contributed by atoms with Gasteiger partial charge in [-0.05, 0) is 43.2 Å². The van der Waals surface area contributed by atoms with Crippen LogP contribution in [0, 0.1) is 13.8 Å². The van der Waals surface area contributed by atoms with E-state index in [1.54, 1.807) is 30.3 Å². The lowest BCUT2D eigenvalue weighted by Crippen LogP contribution is -2.24. The van der Waals surface area contributed by atoms with Crippen LogP contribution >= 0.6 is 11.6 Å². The Labute approximate surface area is 156 Å². The largest absolute Gasteiger partial charge is 0.481 e. The van der Waals surface area contributed by atoms with Crippen molar-refractivity contribution in [1.82, 2.24) is 0 Å². The molecule has 2 aromatic carbocycles. The minimum Gasteiger partial charge on any atom is -0.481 e. The van der Waals surface area contributed by atoms with Gasteiger partial charge in [-0.3, -0.25) is 9.59 Å². The molecule has 0 radical (unpaired) electrons. The van der Waals surface area contributed by atoms with E-state index < -0.39 is 25.1 Å². The molecular formula is C19H18ClNO5. The SMILES string of the molecule is Cc1cc(C)c(NC(=O)COC(=O)COc2ccccc2C=O)c(Cl)c1. The maximum atomic E-state index is 11.9.